The Kier molecular flexibility index (Phi) is 4.97. The normalized spacial score (nSPS) is 22.4. The van der Waals surface area contributed by atoms with Crippen LogP contribution < -0.4 is 5.32 Å². The number of hydrogen-bond donors (Lipinski definition) is 1. The molecule has 1 heterocycles. The summed E-state index contributed by atoms with van der Waals surface area (Å²) in [6, 6.07) is 7.07. The van der Waals surface area contributed by atoms with Gasteiger partial charge in [0.1, 0.15) is 0 Å². The lowest BCUT2D eigenvalue weighted by Gasteiger charge is -2.31. The van der Waals surface area contributed by atoms with Crippen molar-refractivity contribution < 1.29 is 4.74 Å². The molecule has 1 fully saturated rings. The molecule has 2 atom stereocenters. The number of rotatable bonds is 4. The Labute approximate surface area is 116 Å². The van der Waals surface area contributed by atoms with Crippen molar-refractivity contribution in [2.75, 3.05) is 33.3 Å². The lowest BCUT2D eigenvalue weighted by Crippen LogP contribution is -2.45. The highest BCUT2D eigenvalue weighted by atomic mass is 16.5. The van der Waals surface area contributed by atoms with Crippen LogP contribution in [0, 0.1) is 13.8 Å². The van der Waals surface area contributed by atoms with Gasteiger partial charge < -0.3 is 15.0 Å². The summed E-state index contributed by atoms with van der Waals surface area (Å²) in [5.41, 5.74) is 4.07. The molecule has 3 nitrogen and oxygen atoms in total. The van der Waals surface area contributed by atoms with Gasteiger partial charge in [-0.1, -0.05) is 18.2 Å². The van der Waals surface area contributed by atoms with Gasteiger partial charge in [-0.2, -0.15) is 0 Å². The zero-order valence-electron chi connectivity index (χ0n) is 12.6. The summed E-state index contributed by atoms with van der Waals surface area (Å²) in [5.74, 6) is 0. The lowest BCUT2D eigenvalue weighted by atomic mass is 10.0. The maximum absolute atomic E-state index is 5.77. The Morgan fingerprint density at radius 1 is 1.37 bits per heavy atom. The number of hydrogen-bond acceptors (Lipinski definition) is 3. The van der Waals surface area contributed by atoms with Crippen molar-refractivity contribution in [3.05, 3.63) is 34.9 Å². The molecule has 19 heavy (non-hydrogen) atoms. The second-order valence-electron chi connectivity index (χ2n) is 5.73. The molecule has 1 aliphatic heterocycles. The first-order valence-electron chi connectivity index (χ1n) is 7.17. The third kappa shape index (κ3) is 4.03. The molecular weight excluding hydrogens is 236 g/mol. The van der Waals surface area contributed by atoms with Crippen molar-refractivity contribution in [1.29, 1.82) is 0 Å². The lowest BCUT2D eigenvalue weighted by molar-refractivity contribution is -0.0190. The summed E-state index contributed by atoms with van der Waals surface area (Å²) in [6.45, 7) is 10.4. The van der Waals surface area contributed by atoms with Crippen molar-refractivity contribution in [2.24, 2.45) is 0 Å². The summed E-state index contributed by atoms with van der Waals surface area (Å²) in [6.07, 6.45) is 0.313. The smallest absolute Gasteiger partial charge is 0.0826 e. The molecule has 0 bridgehead atoms. The minimum Gasteiger partial charge on any atom is -0.374 e. The standard InChI is InChI=1S/C16H26N2O/c1-12-5-6-15(9-13(12)2)14(3)17-10-16-11-18(4)7-8-19-16/h5-6,9,14,16-17H,7-8,10-11H2,1-4H3. The van der Waals surface area contributed by atoms with Crippen molar-refractivity contribution >= 4 is 0 Å². The van der Waals surface area contributed by atoms with Crippen molar-refractivity contribution in [3.8, 4) is 0 Å². The van der Waals surface area contributed by atoms with Gasteiger partial charge in [0.25, 0.3) is 0 Å². The first-order valence-corrected chi connectivity index (χ1v) is 7.17. The van der Waals surface area contributed by atoms with Crippen LogP contribution in [-0.4, -0.2) is 44.3 Å². The fraction of sp³-hybridized carbons (Fsp3) is 0.625. The number of likely N-dealkylation sites (N-methyl/N-ethyl adjacent to an activating group) is 1. The van der Waals surface area contributed by atoms with Crippen LogP contribution >= 0.6 is 0 Å². The Balaban J connectivity index is 1.86. The van der Waals surface area contributed by atoms with Crippen LogP contribution in [0.5, 0.6) is 0 Å². The second kappa shape index (κ2) is 6.51. The van der Waals surface area contributed by atoms with Crippen molar-refractivity contribution in [1.82, 2.24) is 10.2 Å². The molecule has 0 aromatic heterocycles. The third-order valence-corrected chi connectivity index (χ3v) is 4.02. The molecule has 1 aromatic rings. The van der Waals surface area contributed by atoms with Crippen LogP contribution in [0.3, 0.4) is 0 Å². The van der Waals surface area contributed by atoms with Crippen molar-refractivity contribution in [2.45, 2.75) is 32.9 Å². The molecule has 2 rings (SSSR count). The van der Waals surface area contributed by atoms with E-state index in [2.05, 4.69) is 56.2 Å². The van der Waals surface area contributed by atoms with Gasteiger partial charge in [0.05, 0.1) is 12.7 Å². The second-order valence-corrected chi connectivity index (χ2v) is 5.73. The predicted octanol–water partition coefficient (Wildman–Crippen LogP) is 2.28. The van der Waals surface area contributed by atoms with E-state index >= 15 is 0 Å². The zero-order valence-corrected chi connectivity index (χ0v) is 12.6. The molecule has 0 saturated carbocycles. The summed E-state index contributed by atoms with van der Waals surface area (Å²) in [5, 5.41) is 3.58. The highest BCUT2D eigenvalue weighted by molar-refractivity contribution is 5.31. The van der Waals surface area contributed by atoms with Gasteiger partial charge >= 0.3 is 0 Å². The molecule has 0 amide bonds. The topological polar surface area (TPSA) is 24.5 Å². The maximum Gasteiger partial charge on any atom is 0.0826 e. The van der Waals surface area contributed by atoms with E-state index in [4.69, 9.17) is 4.74 Å². The minimum atomic E-state index is 0.313. The third-order valence-electron chi connectivity index (χ3n) is 4.02. The highest BCUT2D eigenvalue weighted by Crippen LogP contribution is 2.17. The average Bonchev–Trinajstić information content (AvgIpc) is 2.39. The van der Waals surface area contributed by atoms with Crippen LogP contribution in [0.25, 0.3) is 0 Å². The molecular formula is C16H26N2O. The zero-order chi connectivity index (χ0) is 13.8. The van der Waals surface area contributed by atoms with Gasteiger partial charge in [-0.05, 0) is 44.5 Å². The van der Waals surface area contributed by atoms with Crippen LogP contribution in [-0.2, 0) is 4.74 Å². The number of nitrogens with zero attached hydrogens (tertiary/aromatic N) is 1. The summed E-state index contributed by atoms with van der Waals surface area (Å²) in [4.78, 5) is 2.33. The summed E-state index contributed by atoms with van der Waals surface area (Å²) in [7, 11) is 2.16. The molecule has 1 aliphatic rings. The summed E-state index contributed by atoms with van der Waals surface area (Å²) < 4.78 is 5.77. The fourth-order valence-corrected chi connectivity index (χ4v) is 2.45. The molecule has 106 valence electrons. The van der Waals surface area contributed by atoms with E-state index in [0.29, 0.717) is 12.1 Å². The Bertz CT molecular complexity index is 419. The van der Waals surface area contributed by atoms with Crippen LogP contribution in [0.15, 0.2) is 18.2 Å². The van der Waals surface area contributed by atoms with Gasteiger partial charge in [0, 0.05) is 25.7 Å². The van der Waals surface area contributed by atoms with Crippen molar-refractivity contribution in [3.63, 3.8) is 0 Å². The maximum atomic E-state index is 5.77. The highest BCUT2D eigenvalue weighted by Gasteiger charge is 2.18. The number of morpholine rings is 1. The minimum absolute atomic E-state index is 0.313. The Hall–Kier alpha value is -0.900. The molecule has 1 aromatic carbocycles. The van der Waals surface area contributed by atoms with Crippen LogP contribution in [0.4, 0.5) is 0 Å². The quantitative estimate of drug-likeness (QED) is 0.901. The Morgan fingerprint density at radius 2 is 2.16 bits per heavy atom. The molecule has 0 aliphatic carbocycles. The summed E-state index contributed by atoms with van der Waals surface area (Å²) >= 11 is 0. The van der Waals surface area contributed by atoms with E-state index in [-0.39, 0.29) is 0 Å². The largest absolute Gasteiger partial charge is 0.374 e. The number of aryl methyl sites for hydroxylation is 2. The fourth-order valence-electron chi connectivity index (χ4n) is 2.45. The molecule has 0 spiro atoms. The monoisotopic (exact) mass is 262 g/mol. The van der Waals surface area contributed by atoms with E-state index < -0.39 is 0 Å². The number of nitrogens with one attached hydrogen (secondary N) is 1. The molecule has 3 heteroatoms. The van der Waals surface area contributed by atoms with Gasteiger partial charge in [0.2, 0.25) is 0 Å². The van der Waals surface area contributed by atoms with Crippen LogP contribution in [0.2, 0.25) is 0 Å². The molecule has 2 unspecified atom stereocenters. The van der Waals surface area contributed by atoms with Gasteiger partial charge in [0.15, 0.2) is 0 Å². The molecule has 0 radical (unpaired) electrons. The SMILES string of the molecule is Cc1ccc(C(C)NCC2CN(C)CCO2)cc1C. The van der Waals surface area contributed by atoms with Crippen LogP contribution in [0.1, 0.15) is 29.7 Å². The number of benzene rings is 1. The van der Waals surface area contributed by atoms with Gasteiger partial charge in [-0.25, -0.2) is 0 Å². The first-order chi connectivity index (χ1) is 9.06. The van der Waals surface area contributed by atoms with Gasteiger partial charge in [-0.15, -0.1) is 0 Å². The molecule has 1 saturated heterocycles. The van der Waals surface area contributed by atoms with E-state index in [0.717, 1.165) is 26.2 Å². The van der Waals surface area contributed by atoms with E-state index in [9.17, 15) is 0 Å². The number of ether oxygens (including phenoxy) is 1. The predicted molar refractivity (Wildman–Crippen MR) is 79.6 cm³/mol. The van der Waals surface area contributed by atoms with E-state index in [1.165, 1.54) is 16.7 Å². The van der Waals surface area contributed by atoms with E-state index in [1.54, 1.807) is 0 Å². The molecule has 1 N–H and O–H groups in total. The van der Waals surface area contributed by atoms with E-state index in [1.807, 2.05) is 0 Å². The Morgan fingerprint density at radius 3 is 2.84 bits per heavy atom. The van der Waals surface area contributed by atoms with Gasteiger partial charge in [-0.3, -0.25) is 0 Å². The average molecular weight is 262 g/mol. The first kappa shape index (κ1) is 14.5.